The largest absolute Gasteiger partial charge is 0.383 e. The van der Waals surface area contributed by atoms with E-state index in [0.29, 0.717) is 24.9 Å². The Morgan fingerprint density at radius 1 is 1.48 bits per heavy atom. The summed E-state index contributed by atoms with van der Waals surface area (Å²) >= 11 is 0. The Kier molecular flexibility index (Phi) is 6.53. The Bertz CT molecular complexity index is 502. The van der Waals surface area contributed by atoms with Crippen LogP contribution in [0.25, 0.3) is 0 Å². The fraction of sp³-hybridized carbons (Fsp3) is 0.812. The normalized spacial score (nSPS) is 19.1. The molecule has 1 unspecified atom stereocenters. The Balaban J connectivity index is 1.86. The number of nitrogens with zero attached hydrogens (tertiary/aromatic N) is 5. The molecule has 1 amide bonds. The van der Waals surface area contributed by atoms with Crippen LogP contribution in [-0.2, 0) is 22.6 Å². The number of aromatic nitrogens is 3. The quantitative estimate of drug-likeness (QED) is 0.714. The second-order valence-electron chi connectivity index (χ2n) is 6.67. The summed E-state index contributed by atoms with van der Waals surface area (Å²) in [6.07, 6.45) is 3.39. The van der Waals surface area contributed by atoms with Crippen molar-refractivity contribution in [1.82, 2.24) is 24.6 Å². The van der Waals surface area contributed by atoms with Crippen LogP contribution < -0.4 is 0 Å². The monoisotopic (exact) mass is 323 g/mol. The topological polar surface area (TPSA) is 63.5 Å². The van der Waals surface area contributed by atoms with Gasteiger partial charge in [-0.1, -0.05) is 0 Å². The molecular formula is C16H29N5O2. The van der Waals surface area contributed by atoms with Crippen molar-refractivity contribution in [3.05, 3.63) is 12.2 Å². The molecule has 23 heavy (non-hydrogen) atoms. The van der Waals surface area contributed by atoms with Crippen LogP contribution in [0.15, 0.2) is 6.33 Å². The van der Waals surface area contributed by atoms with Crippen LogP contribution in [0.4, 0.5) is 0 Å². The summed E-state index contributed by atoms with van der Waals surface area (Å²) in [5.41, 5.74) is 0. The summed E-state index contributed by atoms with van der Waals surface area (Å²) in [5.74, 6) is 1.77. The number of ether oxygens (including phenoxy) is 1. The maximum atomic E-state index is 11.9. The molecule has 0 saturated carbocycles. The van der Waals surface area contributed by atoms with Crippen molar-refractivity contribution in [2.45, 2.75) is 45.8 Å². The predicted octanol–water partition coefficient (Wildman–Crippen LogP) is 1.00. The number of amides is 1. The first-order chi connectivity index (χ1) is 11.0. The first-order valence-corrected chi connectivity index (χ1v) is 8.35. The highest BCUT2D eigenvalue weighted by Gasteiger charge is 2.28. The molecule has 1 aliphatic heterocycles. The highest BCUT2D eigenvalue weighted by atomic mass is 16.5. The van der Waals surface area contributed by atoms with E-state index < -0.39 is 0 Å². The highest BCUT2D eigenvalue weighted by Crippen LogP contribution is 2.20. The molecule has 1 aliphatic rings. The third kappa shape index (κ3) is 5.00. The van der Waals surface area contributed by atoms with Gasteiger partial charge in [0, 0.05) is 39.2 Å². The molecule has 2 rings (SSSR count). The summed E-state index contributed by atoms with van der Waals surface area (Å²) in [7, 11) is 3.80. The molecule has 0 spiro atoms. The molecule has 1 aromatic heterocycles. The van der Waals surface area contributed by atoms with E-state index in [9.17, 15) is 4.79 Å². The van der Waals surface area contributed by atoms with Gasteiger partial charge >= 0.3 is 0 Å². The number of hydrogen-bond acceptors (Lipinski definition) is 5. The molecule has 0 N–H and O–H groups in total. The minimum atomic E-state index is 0.285. The van der Waals surface area contributed by atoms with Gasteiger partial charge in [0.15, 0.2) is 0 Å². The van der Waals surface area contributed by atoms with E-state index in [-0.39, 0.29) is 6.04 Å². The summed E-state index contributed by atoms with van der Waals surface area (Å²) in [6, 6.07) is 0.285. The van der Waals surface area contributed by atoms with Crippen molar-refractivity contribution >= 4 is 5.91 Å². The van der Waals surface area contributed by atoms with Gasteiger partial charge < -0.3 is 14.2 Å². The molecule has 0 aromatic carbocycles. The maximum absolute atomic E-state index is 11.9. The second-order valence-corrected chi connectivity index (χ2v) is 6.67. The summed E-state index contributed by atoms with van der Waals surface area (Å²) in [6.45, 7) is 8.18. The van der Waals surface area contributed by atoms with Crippen molar-refractivity contribution in [1.29, 1.82) is 0 Å². The lowest BCUT2D eigenvalue weighted by atomic mass is 9.96. The van der Waals surface area contributed by atoms with Crippen LogP contribution in [0, 0.1) is 5.92 Å². The average Bonchev–Trinajstić information content (AvgIpc) is 2.93. The van der Waals surface area contributed by atoms with Gasteiger partial charge in [-0.05, 0) is 33.2 Å². The van der Waals surface area contributed by atoms with Crippen molar-refractivity contribution in [3.63, 3.8) is 0 Å². The van der Waals surface area contributed by atoms with Gasteiger partial charge in [0.25, 0.3) is 0 Å². The lowest BCUT2D eigenvalue weighted by molar-refractivity contribution is -0.136. The van der Waals surface area contributed by atoms with Crippen molar-refractivity contribution in [3.8, 4) is 0 Å². The second kappa shape index (κ2) is 8.40. The molecular weight excluding hydrogens is 294 g/mol. The molecule has 1 fully saturated rings. The molecule has 0 radical (unpaired) electrons. The van der Waals surface area contributed by atoms with Crippen LogP contribution >= 0.6 is 0 Å². The number of carbonyl (C=O) groups excluding carboxylic acids is 1. The standard InChI is InChI=1S/C16H29N5O2/c1-13(2)21-10-14(5-6-16(21)22)9-19(3)11-15-18-17-12-20(15)7-8-23-4/h12-14H,5-11H2,1-4H3. The van der Waals surface area contributed by atoms with E-state index in [0.717, 1.165) is 38.4 Å². The van der Waals surface area contributed by atoms with E-state index in [1.807, 2.05) is 9.47 Å². The zero-order chi connectivity index (χ0) is 16.8. The molecule has 0 aliphatic carbocycles. The molecule has 1 saturated heterocycles. The maximum Gasteiger partial charge on any atom is 0.222 e. The number of likely N-dealkylation sites (tertiary alicyclic amines) is 1. The fourth-order valence-electron chi connectivity index (χ4n) is 3.11. The third-order valence-corrected chi connectivity index (χ3v) is 4.38. The lowest BCUT2D eigenvalue weighted by Gasteiger charge is -2.36. The van der Waals surface area contributed by atoms with Gasteiger partial charge in [-0.15, -0.1) is 10.2 Å². The Morgan fingerprint density at radius 3 is 2.96 bits per heavy atom. The van der Waals surface area contributed by atoms with E-state index >= 15 is 0 Å². The smallest absolute Gasteiger partial charge is 0.222 e. The van der Waals surface area contributed by atoms with E-state index in [1.165, 1.54) is 0 Å². The van der Waals surface area contributed by atoms with Gasteiger partial charge in [-0.2, -0.15) is 0 Å². The van der Waals surface area contributed by atoms with Crippen LogP contribution in [0.5, 0.6) is 0 Å². The van der Waals surface area contributed by atoms with E-state index in [4.69, 9.17) is 4.74 Å². The minimum absolute atomic E-state index is 0.285. The van der Waals surface area contributed by atoms with Gasteiger partial charge in [0.1, 0.15) is 12.2 Å². The van der Waals surface area contributed by atoms with Crippen molar-refractivity contribution in [2.75, 3.05) is 33.9 Å². The van der Waals surface area contributed by atoms with Crippen molar-refractivity contribution < 1.29 is 9.53 Å². The third-order valence-electron chi connectivity index (χ3n) is 4.38. The number of rotatable bonds is 8. The number of carbonyl (C=O) groups is 1. The number of methoxy groups -OCH3 is 1. The number of piperidine rings is 1. The number of hydrogen-bond donors (Lipinski definition) is 0. The van der Waals surface area contributed by atoms with E-state index in [2.05, 4.69) is 36.0 Å². The average molecular weight is 323 g/mol. The first kappa shape index (κ1) is 17.9. The molecule has 7 nitrogen and oxygen atoms in total. The minimum Gasteiger partial charge on any atom is -0.383 e. The molecule has 1 atom stereocenters. The lowest BCUT2D eigenvalue weighted by Crippen LogP contribution is -2.46. The molecule has 0 bridgehead atoms. The highest BCUT2D eigenvalue weighted by molar-refractivity contribution is 5.77. The van der Waals surface area contributed by atoms with Crippen LogP contribution in [0.1, 0.15) is 32.5 Å². The Morgan fingerprint density at radius 2 is 2.26 bits per heavy atom. The van der Waals surface area contributed by atoms with Gasteiger partial charge in [0.2, 0.25) is 5.91 Å². The summed E-state index contributed by atoms with van der Waals surface area (Å²) in [5, 5.41) is 8.21. The SMILES string of the molecule is COCCn1cnnc1CN(C)CC1CCC(=O)N(C(C)C)C1. The van der Waals surface area contributed by atoms with Crippen LogP contribution in [0.2, 0.25) is 0 Å². The van der Waals surface area contributed by atoms with Gasteiger partial charge in [0.05, 0.1) is 13.2 Å². The Labute approximate surface area is 138 Å². The van der Waals surface area contributed by atoms with Crippen LogP contribution in [0.3, 0.4) is 0 Å². The van der Waals surface area contributed by atoms with E-state index in [1.54, 1.807) is 13.4 Å². The molecule has 2 heterocycles. The van der Waals surface area contributed by atoms with Crippen LogP contribution in [-0.4, -0.2) is 70.4 Å². The fourth-order valence-corrected chi connectivity index (χ4v) is 3.11. The molecule has 7 heteroatoms. The molecule has 1 aromatic rings. The van der Waals surface area contributed by atoms with Gasteiger partial charge in [-0.25, -0.2) is 0 Å². The first-order valence-electron chi connectivity index (χ1n) is 8.35. The van der Waals surface area contributed by atoms with Crippen molar-refractivity contribution in [2.24, 2.45) is 5.92 Å². The summed E-state index contributed by atoms with van der Waals surface area (Å²) < 4.78 is 7.15. The Hall–Kier alpha value is -1.47. The molecule has 130 valence electrons. The zero-order valence-corrected chi connectivity index (χ0v) is 14.7. The summed E-state index contributed by atoms with van der Waals surface area (Å²) in [4.78, 5) is 16.2. The predicted molar refractivity (Wildman–Crippen MR) is 87.8 cm³/mol. The zero-order valence-electron chi connectivity index (χ0n) is 14.7. The van der Waals surface area contributed by atoms with Gasteiger partial charge in [-0.3, -0.25) is 9.69 Å².